The monoisotopic (exact) mass is 344 g/mol. The van der Waals surface area contributed by atoms with Gasteiger partial charge in [0.05, 0.1) is 6.54 Å². The molecule has 0 aromatic heterocycles. The fourth-order valence-electron chi connectivity index (χ4n) is 2.67. The lowest BCUT2D eigenvalue weighted by molar-refractivity contribution is -0.115. The van der Waals surface area contributed by atoms with Crippen LogP contribution in [0, 0.1) is 6.92 Å². The van der Waals surface area contributed by atoms with Crippen LogP contribution in [0.25, 0.3) is 0 Å². The first-order valence-electron chi connectivity index (χ1n) is 7.02. The Balaban J connectivity index is 1.66. The smallest absolute Gasteiger partial charge is 0.243 e. The molecular formula is C17H17BrN2O. The lowest BCUT2D eigenvalue weighted by Crippen LogP contribution is -2.31. The number of nitrogens with zero attached hydrogens (tertiary/aromatic N) is 1. The van der Waals surface area contributed by atoms with Gasteiger partial charge >= 0.3 is 0 Å². The van der Waals surface area contributed by atoms with Gasteiger partial charge in [0.15, 0.2) is 0 Å². The predicted octanol–water partition coefficient (Wildman–Crippen LogP) is 3.76. The molecule has 1 aliphatic heterocycles. The molecule has 2 aromatic carbocycles. The summed E-state index contributed by atoms with van der Waals surface area (Å²) in [6, 6.07) is 14.1. The van der Waals surface area contributed by atoms with Gasteiger partial charge in [0.2, 0.25) is 5.91 Å². The molecule has 3 nitrogen and oxygen atoms in total. The highest BCUT2D eigenvalue weighted by molar-refractivity contribution is 9.10. The van der Waals surface area contributed by atoms with Crippen molar-refractivity contribution < 1.29 is 4.79 Å². The first kappa shape index (κ1) is 14.1. The summed E-state index contributed by atoms with van der Waals surface area (Å²) in [4.78, 5) is 14.3. The van der Waals surface area contributed by atoms with Gasteiger partial charge in [-0.1, -0.05) is 34.1 Å². The van der Waals surface area contributed by atoms with E-state index in [1.807, 2.05) is 37.3 Å². The SMILES string of the molecule is Cc1cc(NC(=O)CN2CCc3ccccc32)ccc1Br. The van der Waals surface area contributed by atoms with Gasteiger partial charge in [0.25, 0.3) is 0 Å². The summed E-state index contributed by atoms with van der Waals surface area (Å²) in [6.07, 6.45) is 1.01. The van der Waals surface area contributed by atoms with Crippen LogP contribution in [-0.2, 0) is 11.2 Å². The second-order valence-corrected chi connectivity index (χ2v) is 6.17. The zero-order chi connectivity index (χ0) is 14.8. The van der Waals surface area contributed by atoms with Gasteiger partial charge in [-0.25, -0.2) is 0 Å². The Hall–Kier alpha value is -1.81. The third-order valence-electron chi connectivity index (χ3n) is 3.76. The third kappa shape index (κ3) is 3.10. The van der Waals surface area contributed by atoms with Gasteiger partial charge in [-0.2, -0.15) is 0 Å². The number of amides is 1. The molecule has 21 heavy (non-hydrogen) atoms. The van der Waals surface area contributed by atoms with Crippen molar-refractivity contribution in [2.75, 3.05) is 23.3 Å². The topological polar surface area (TPSA) is 32.3 Å². The van der Waals surface area contributed by atoms with Crippen LogP contribution in [-0.4, -0.2) is 19.0 Å². The van der Waals surface area contributed by atoms with Crippen molar-refractivity contribution >= 4 is 33.2 Å². The van der Waals surface area contributed by atoms with Crippen LogP contribution in [0.3, 0.4) is 0 Å². The number of rotatable bonds is 3. The fourth-order valence-corrected chi connectivity index (χ4v) is 2.91. The highest BCUT2D eigenvalue weighted by Gasteiger charge is 2.20. The van der Waals surface area contributed by atoms with Gasteiger partial charge in [-0.3, -0.25) is 4.79 Å². The molecule has 0 unspecified atom stereocenters. The highest BCUT2D eigenvalue weighted by atomic mass is 79.9. The molecule has 0 bridgehead atoms. The molecule has 1 N–H and O–H groups in total. The van der Waals surface area contributed by atoms with Gasteiger partial charge in [-0.15, -0.1) is 0 Å². The maximum atomic E-state index is 12.2. The standard InChI is InChI=1S/C17H17BrN2O/c1-12-10-14(6-7-15(12)18)19-17(21)11-20-9-8-13-4-2-3-5-16(13)20/h2-7,10H,8-9,11H2,1H3,(H,19,21). The van der Waals surface area contributed by atoms with Gasteiger partial charge < -0.3 is 10.2 Å². The maximum Gasteiger partial charge on any atom is 0.243 e. The minimum atomic E-state index is 0.0217. The summed E-state index contributed by atoms with van der Waals surface area (Å²) < 4.78 is 1.05. The Morgan fingerprint density at radius 3 is 2.90 bits per heavy atom. The summed E-state index contributed by atoms with van der Waals surface area (Å²) >= 11 is 3.46. The fraction of sp³-hybridized carbons (Fsp3) is 0.235. The Kier molecular flexibility index (Phi) is 3.97. The minimum Gasteiger partial charge on any atom is -0.362 e. The quantitative estimate of drug-likeness (QED) is 0.919. The largest absolute Gasteiger partial charge is 0.362 e. The van der Waals surface area contributed by atoms with Crippen LogP contribution >= 0.6 is 15.9 Å². The molecule has 2 aromatic rings. The minimum absolute atomic E-state index is 0.0217. The van der Waals surface area contributed by atoms with Gasteiger partial charge in [-0.05, 0) is 48.7 Å². The molecule has 0 saturated carbocycles. The van der Waals surface area contributed by atoms with Crippen LogP contribution in [0.1, 0.15) is 11.1 Å². The van der Waals surface area contributed by atoms with Crippen molar-refractivity contribution in [2.24, 2.45) is 0 Å². The van der Waals surface area contributed by atoms with E-state index >= 15 is 0 Å². The number of para-hydroxylation sites is 1. The summed E-state index contributed by atoms with van der Waals surface area (Å²) in [6.45, 7) is 3.31. The summed E-state index contributed by atoms with van der Waals surface area (Å²) in [5.41, 5.74) is 4.46. The summed E-state index contributed by atoms with van der Waals surface area (Å²) in [5, 5.41) is 2.97. The zero-order valence-corrected chi connectivity index (χ0v) is 13.5. The number of nitrogens with one attached hydrogen (secondary N) is 1. The van der Waals surface area contributed by atoms with E-state index in [1.165, 1.54) is 11.3 Å². The number of hydrogen-bond donors (Lipinski definition) is 1. The van der Waals surface area contributed by atoms with E-state index in [4.69, 9.17) is 0 Å². The predicted molar refractivity (Wildman–Crippen MR) is 89.9 cm³/mol. The lowest BCUT2D eigenvalue weighted by atomic mass is 10.2. The molecular weight excluding hydrogens is 328 g/mol. The lowest BCUT2D eigenvalue weighted by Gasteiger charge is -2.18. The molecule has 0 radical (unpaired) electrons. The molecule has 0 atom stereocenters. The molecule has 4 heteroatoms. The van der Waals surface area contributed by atoms with Gasteiger partial charge in [0, 0.05) is 22.4 Å². The van der Waals surface area contributed by atoms with Gasteiger partial charge in [0.1, 0.15) is 0 Å². The zero-order valence-electron chi connectivity index (χ0n) is 11.9. The van der Waals surface area contributed by atoms with E-state index in [-0.39, 0.29) is 5.91 Å². The van der Waals surface area contributed by atoms with Crippen molar-refractivity contribution in [1.82, 2.24) is 0 Å². The van der Waals surface area contributed by atoms with Crippen molar-refractivity contribution in [3.63, 3.8) is 0 Å². The van der Waals surface area contributed by atoms with Crippen molar-refractivity contribution in [2.45, 2.75) is 13.3 Å². The van der Waals surface area contributed by atoms with Crippen LogP contribution in [0.15, 0.2) is 46.9 Å². The number of aryl methyl sites for hydroxylation is 1. The number of hydrogen-bond acceptors (Lipinski definition) is 2. The molecule has 1 aliphatic rings. The first-order valence-corrected chi connectivity index (χ1v) is 7.81. The Labute approximate surface area is 133 Å². The molecule has 0 fully saturated rings. The van der Waals surface area contributed by atoms with E-state index in [2.05, 4.69) is 38.3 Å². The van der Waals surface area contributed by atoms with Crippen molar-refractivity contribution in [3.8, 4) is 0 Å². The molecule has 0 aliphatic carbocycles. The third-order valence-corrected chi connectivity index (χ3v) is 4.65. The number of halogens is 1. The van der Waals surface area contributed by atoms with Crippen molar-refractivity contribution in [3.05, 3.63) is 58.1 Å². The summed E-state index contributed by atoms with van der Waals surface area (Å²) in [7, 11) is 0. The van der Waals surface area contributed by atoms with Crippen LogP contribution in [0.2, 0.25) is 0 Å². The van der Waals surface area contributed by atoms with E-state index in [9.17, 15) is 4.79 Å². The van der Waals surface area contributed by atoms with Crippen LogP contribution < -0.4 is 10.2 Å². The molecule has 1 heterocycles. The Morgan fingerprint density at radius 2 is 2.10 bits per heavy atom. The van der Waals surface area contributed by atoms with Crippen molar-refractivity contribution in [1.29, 1.82) is 0 Å². The normalized spacial score (nSPS) is 13.1. The van der Waals surface area contributed by atoms with Crippen LogP contribution in [0.5, 0.6) is 0 Å². The second-order valence-electron chi connectivity index (χ2n) is 5.31. The average molecular weight is 345 g/mol. The Morgan fingerprint density at radius 1 is 1.29 bits per heavy atom. The number of carbonyl (C=O) groups is 1. The highest BCUT2D eigenvalue weighted by Crippen LogP contribution is 2.27. The maximum absolute atomic E-state index is 12.2. The summed E-state index contributed by atoms with van der Waals surface area (Å²) in [5.74, 6) is 0.0217. The Bertz CT molecular complexity index is 684. The van der Waals surface area contributed by atoms with E-state index in [0.29, 0.717) is 6.54 Å². The molecule has 1 amide bonds. The molecule has 108 valence electrons. The van der Waals surface area contributed by atoms with E-state index in [1.54, 1.807) is 0 Å². The second kappa shape index (κ2) is 5.90. The average Bonchev–Trinajstić information content (AvgIpc) is 2.86. The van der Waals surface area contributed by atoms with E-state index in [0.717, 1.165) is 28.7 Å². The number of benzene rings is 2. The molecule has 3 rings (SSSR count). The number of fused-ring (bicyclic) bond motifs is 1. The van der Waals surface area contributed by atoms with E-state index < -0.39 is 0 Å². The number of anilines is 2. The first-order chi connectivity index (χ1) is 10.1. The number of carbonyl (C=O) groups excluding carboxylic acids is 1. The molecule has 0 saturated heterocycles. The van der Waals surface area contributed by atoms with Crippen LogP contribution in [0.4, 0.5) is 11.4 Å². The molecule has 0 spiro atoms.